The van der Waals surface area contributed by atoms with E-state index in [-0.39, 0.29) is 5.92 Å². The lowest BCUT2D eigenvalue weighted by atomic mass is 9.89. The first-order chi connectivity index (χ1) is 11.2. The fourth-order valence-electron chi connectivity index (χ4n) is 3.21. The van der Waals surface area contributed by atoms with Gasteiger partial charge in [0.25, 0.3) is 0 Å². The number of fused-ring (bicyclic) bond motifs is 1. The molecule has 2 aromatic rings. The van der Waals surface area contributed by atoms with Crippen LogP contribution in [0.15, 0.2) is 15.3 Å². The number of nitrogens with zero attached hydrogens (tertiary/aromatic N) is 1. The number of aromatic nitrogens is 1. The second kappa shape index (κ2) is 6.48. The second-order valence-electron chi connectivity index (χ2n) is 5.72. The van der Waals surface area contributed by atoms with Crippen molar-refractivity contribution >= 4 is 10.9 Å². The SMILES string of the molecule is COc1cc2c(=O)oc(C3CCCCC3)nc2c(OC)c1OC. The largest absolute Gasteiger partial charge is 0.493 e. The average molecular weight is 319 g/mol. The maximum atomic E-state index is 12.4. The second-order valence-corrected chi connectivity index (χ2v) is 5.72. The molecule has 124 valence electrons. The Balaban J connectivity index is 2.23. The normalized spacial score (nSPS) is 15.6. The average Bonchev–Trinajstić information content (AvgIpc) is 2.60. The van der Waals surface area contributed by atoms with Crippen molar-refractivity contribution in [2.75, 3.05) is 21.3 Å². The van der Waals surface area contributed by atoms with E-state index in [2.05, 4.69) is 4.98 Å². The predicted octanol–water partition coefficient (Wildman–Crippen LogP) is 3.26. The van der Waals surface area contributed by atoms with E-state index in [1.807, 2.05) is 0 Å². The van der Waals surface area contributed by atoms with E-state index in [0.717, 1.165) is 25.7 Å². The van der Waals surface area contributed by atoms with Crippen LogP contribution in [-0.2, 0) is 0 Å². The summed E-state index contributed by atoms with van der Waals surface area (Å²) in [6.45, 7) is 0. The number of methoxy groups -OCH3 is 3. The minimum absolute atomic E-state index is 0.193. The molecule has 3 rings (SSSR count). The fraction of sp³-hybridized carbons (Fsp3) is 0.529. The van der Waals surface area contributed by atoms with Crippen molar-refractivity contribution in [2.45, 2.75) is 38.0 Å². The first-order valence-corrected chi connectivity index (χ1v) is 7.83. The summed E-state index contributed by atoms with van der Waals surface area (Å²) in [4.78, 5) is 17.0. The zero-order valence-electron chi connectivity index (χ0n) is 13.7. The molecule has 1 aromatic carbocycles. The molecule has 1 aliphatic rings. The van der Waals surface area contributed by atoms with Crippen molar-refractivity contribution in [2.24, 2.45) is 0 Å². The molecule has 1 fully saturated rings. The van der Waals surface area contributed by atoms with Crippen LogP contribution in [0.5, 0.6) is 17.2 Å². The Labute approximate surface area is 134 Å². The van der Waals surface area contributed by atoms with Gasteiger partial charge < -0.3 is 18.6 Å². The first kappa shape index (κ1) is 15.6. The van der Waals surface area contributed by atoms with Crippen molar-refractivity contribution in [3.63, 3.8) is 0 Å². The molecule has 0 saturated heterocycles. The van der Waals surface area contributed by atoms with Crippen LogP contribution in [0.25, 0.3) is 10.9 Å². The van der Waals surface area contributed by atoms with Gasteiger partial charge in [-0.3, -0.25) is 0 Å². The molecule has 0 amide bonds. The molecule has 1 aromatic heterocycles. The lowest BCUT2D eigenvalue weighted by molar-refractivity contribution is 0.323. The van der Waals surface area contributed by atoms with Crippen molar-refractivity contribution in [1.82, 2.24) is 4.98 Å². The molecule has 6 nitrogen and oxygen atoms in total. The van der Waals surface area contributed by atoms with Crippen molar-refractivity contribution in [3.05, 3.63) is 22.4 Å². The van der Waals surface area contributed by atoms with Crippen LogP contribution in [0, 0.1) is 0 Å². The monoisotopic (exact) mass is 319 g/mol. The highest BCUT2D eigenvalue weighted by Gasteiger charge is 2.24. The third-order valence-electron chi connectivity index (χ3n) is 4.40. The van der Waals surface area contributed by atoms with Gasteiger partial charge in [0.05, 0.1) is 26.7 Å². The number of hydrogen-bond donors (Lipinski definition) is 0. The molecular formula is C17H21NO5. The standard InChI is InChI=1S/C17H21NO5/c1-20-12-9-11-13(15(22-3)14(12)21-2)18-16(23-17(11)19)10-7-5-4-6-8-10/h9-10H,4-8H2,1-3H3. The first-order valence-electron chi connectivity index (χ1n) is 7.83. The van der Waals surface area contributed by atoms with Gasteiger partial charge >= 0.3 is 5.63 Å². The van der Waals surface area contributed by atoms with E-state index in [1.165, 1.54) is 27.8 Å². The summed E-state index contributed by atoms with van der Waals surface area (Å²) in [5.41, 5.74) is 0.0387. The van der Waals surface area contributed by atoms with Crippen LogP contribution in [0.1, 0.15) is 43.9 Å². The Hall–Kier alpha value is -2.24. The summed E-state index contributed by atoms with van der Waals surface area (Å²) >= 11 is 0. The van der Waals surface area contributed by atoms with Crippen LogP contribution >= 0.6 is 0 Å². The maximum Gasteiger partial charge on any atom is 0.347 e. The molecule has 0 N–H and O–H groups in total. The Bertz CT molecular complexity index is 762. The minimum atomic E-state index is -0.421. The molecule has 1 aliphatic carbocycles. The molecule has 0 atom stereocenters. The van der Waals surface area contributed by atoms with Gasteiger partial charge in [0.15, 0.2) is 11.5 Å². The minimum Gasteiger partial charge on any atom is -0.493 e. The van der Waals surface area contributed by atoms with Crippen LogP contribution in [0.2, 0.25) is 0 Å². The Morgan fingerprint density at radius 2 is 1.74 bits per heavy atom. The van der Waals surface area contributed by atoms with Crippen molar-refractivity contribution < 1.29 is 18.6 Å². The summed E-state index contributed by atoms with van der Waals surface area (Å²) in [7, 11) is 4.56. The molecule has 0 spiro atoms. The number of rotatable bonds is 4. The molecular weight excluding hydrogens is 298 g/mol. The Morgan fingerprint density at radius 3 is 2.35 bits per heavy atom. The topological polar surface area (TPSA) is 70.8 Å². The van der Waals surface area contributed by atoms with E-state index in [0.29, 0.717) is 34.0 Å². The van der Waals surface area contributed by atoms with Gasteiger partial charge in [-0.25, -0.2) is 9.78 Å². The van der Waals surface area contributed by atoms with Crippen LogP contribution in [0.3, 0.4) is 0 Å². The van der Waals surface area contributed by atoms with Crippen LogP contribution in [0.4, 0.5) is 0 Å². The van der Waals surface area contributed by atoms with E-state index < -0.39 is 5.63 Å². The van der Waals surface area contributed by atoms with E-state index in [1.54, 1.807) is 6.07 Å². The van der Waals surface area contributed by atoms with E-state index >= 15 is 0 Å². The van der Waals surface area contributed by atoms with E-state index in [9.17, 15) is 4.79 Å². The zero-order valence-corrected chi connectivity index (χ0v) is 13.7. The van der Waals surface area contributed by atoms with E-state index in [4.69, 9.17) is 18.6 Å². The van der Waals surface area contributed by atoms with Gasteiger partial charge in [0, 0.05) is 12.0 Å². The number of ether oxygens (including phenoxy) is 3. The van der Waals surface area contributed by atoms with Crippen molar-refractivity contribution in [3.8, 4) is 17.2 Å². The summed E-state index contributed by atoms with van der Waals surface area (Å²) in [6.07, 6.45) is 5.49. The molecule has 0 bridgehead atoms. The molecule has 23 heavy (non-hydrogen) atoms. The van der Waals surface area contributed by atoms with Gasteiger partial charge in [0.1, 0.15) is 5.52 Å². The summed E-state index contributed by atoms with van der Waals surface area (Å²) in [5.74, 6) is 1.92. The van der Waals surface area contributed by atoms with Crippen LogP contribution in [-0.4, -0.2) is 26.3 Å². The smallest absolute Gasteiger partial charge is 0.347 e. The molecule has 0 aliphatic heterocycles. The summed E-state index contributed by atoms with van der Waals surface area (Å²) in [5, 5.41) is 0.332. The molecule has 1 heterocycles. The van der Waals surface area contributed by atoms with Crippen molar-refractivity contribution in [1.29, 1.82) is 0 Å². The lowest BCUT2D eigenvalue weighted by Crippen LogP contribution is -2.12. The third-order valence-corrected chi connectivity index (χ3v) is 4.40. The lowest BCUT2D eigenvalue weighted by Gasteiger charge is -2.20. The summed E-state index contributed by atoms with van der Waals surface area (Å²) in [6, 6.07) is 1.58. The maximum absolute atomic E-state index is 12.4. The predicted molar refractivity (Wildman–Crippen MR) is 85.8 cm³/mol. The Morgan fingerprint density at radius 1 is 1.04 bits per heavy atom. The molecule has 1 saturated carbocycles. The van der Waals surface area contributed by atoms with Gasteiger partial charge in [0.2, 0.25) is 11.6 Å². The highest BCUT2D eigenvalue weighted by Crippen LogP contribution is 2.42. The quantitative estimate of drug-likeness (QED) is 0.861. The third kappa shape index (κ3) is 2.73. The van der Waals surface area contributed by atoms with Gasteiger partial charge in [-0.1, -0.05) is 19.3 Å². The molecule has 6 heteroatoms. The summed E-state index contributed by atoms with van der Waals surface area (Å²) < 4.78 is 21.6. The van der Waals surface area contributed by atoms with Crippen LogP contribution < -0.4 is 19.8 Å². The highest BCUT2D eigenvalue weighted by atomic mass is 16.5. The number of hydrogen-bond acceptors (Lipinski definition) is 6. The molecule has 0 unspecified atom stereocenters. The highest BCUT2D eigenvalue weighted by molar-refractivity contribution is 5.89. The molecule has 0 radical (unpaired) electrons. The van der Waals surface area contributed by atoms with Gasteiger partial charge in [-0.05, 0) is 12.8 Å². The zero-order chi connectivity index (χ0) is 16.4. The Kier molecular flexibility index (Phi) is 4.41. The van der Waals surface area contributed by atoms with Gasteiger partial charge in [-0.15, -0.1) is 0 Å². The number of benzene rings is 1. The fourth-order valence-corrected chi connectivity index (χ4v) is 3.21. The van der Waals surface area contributed by atoms with Gasteiger partial charge in [-0.2, -0.15) is 0 Å².